The highest BCUT2D eigenvalue weighted by molar-refractivity contribution is 5.93. The molecule has 5 heteroatoms. The molecule has 1 amide bonds. The molecule has 5 nitrogen and oxygen atoms in total. The Kier molecular flexibility index (Phi) is 6.53. The number of carbonyl (C=O) groups excluding carboxylic acids is 1. The van der Waals surface area contributed by atoms with Crippen LogP contribution in [0.4, 0.5) is 5.69 Å². The summed E-state index contributed by atoms with van der Waals surface area (Å²) in [7, 11) is 0. The lowest BCUT2D eigenvalue weighted by molar-refractivity contribution is -0.122. The van der Waals surface area contributed by atoms with Gasteiger partial charge in [0.05, 0.1) is 6.54 Å². The van der Waals surface area contributed by atoms with Crippen molar-refractivity contribution in [3.8, 4) is 0 Å². The van der Waals surface area contributed by atoms with Crippen LogP contribution in [0.2, 0.25) is 0 Å². The van der Waals surface area contributed by atoms with Gasteiger partial charge in [0.1, 0.15) is 0 Å². The average molecular weight is 357 g/mol. The Morgan fingerprint density at radius 3 is 2.81 bits per heavy atom. The predicted octanol–water partition coefficient (Wildman–Crippen LogP) is 3.62. The van der Waals surface area contributed by atoms with Gasteiger partial charge in [0.25, 0.3) is 0 Å². The van der Waals surface area contributed by atoms with E-state index in [4.69, 9.17) is 4.99 Å². The molecule has 26 heavy (non-hydrogen) atoms. The van der Waals surface area contributed by atoms with Gasteiger partial charge in [-0.1, -0.05) is 25.5 Å². The highest BCUT2D eigenvalue weighted by Gasteiger charge is 2.25. The summed E-state index contributed by atoms with van der Waals surface area (Å²) in [6, 6.07) is 8.08. The number of rotatable bonds is 5. The van der Waals surface area contributed by atoms with E-state index < -0.39 is 0 Å². The molecular formula is C21H32N4O. The SMILES string of the molecule is CCNC(=NCc1cccc(NC(=O)C2CCC2)c1)N1CCCC(C)C1. The molecule has 1 atom stereocenters. The number of benzene rings is 1. The molecule has 2 N–H and O–H groups in total. The van der Waals surface area contributed by atoms with Gasteiger partial charge in [0.2, 0.25) is 5.91 Å². The van der Waals surface area contributed by atoms with E-state index in [9.17, 15) is 4.79 Å². The molecule has 1 aliphatic heterocycles. The van der Waals surface area contributed by atoms with Gasteiger partial charge in [-0.2, -0.15) is 0 Å². The molecule has 0 spiro atoms. The Hall–Kier alpha value is -2.04. The number of carbonyl (C=O) groups is 1. The van der Waals surface area contributed by atoms with E-state index in [-0.39, 0.29) is 11.8 Å². The number of amides is 1. The van der Waals surface area contributed by atoms with E-state index in [1.165, 1.54) is 19.3 Å². The summed E-state index contributed by atoms with van der Waals surface area (Å²) in [6.45, 7) is 8.07. The second kappa shape index (κ2) is 9.06. The highest BCUT2D eigenvalue weighted by atomic mass is 16.1. The van der Waals surface area contributed by atoms with Crippen LogP contribution in [-0.4, -0.2) is 36.4 Å². The Morgan fingerprint density at radius 1 is 1.27 bits per heavy atom. The first-order chi connectivity index (χ1) is 12.7. The maximum Gasteiger partial charge on any atom is 0.227 e. The average Bonchev–Trinajstić information content (AvgIpc) is 2.57. The Morgan fingerprint density at radius 2 is 2.12 bits per heavy atom. The topological polar surface area (TPSA) is 56.7 Å². The summed E-state index contributed by atoms with van der Waals surface area (Å²) in [5.41, 5.74) is 2.00. The van der Waals surface area contributed by atoms with Gasteiger partial charge in [-0.05, 0) is 56.2 Å². The smallest absolute Gasteiger partial charge is 0.227 e. The molecule has 1 saturated carbocycles. The van der Waals surface area contributed by atoms with Crippen molar-refractivity contribution >= 4 is 17.6 Å². The lowest BCUT2D eigenvalue weighted by atomic mass is 9.85. The molecule has 1 saturated heterocycles. The molecular weight excluding hydrogens is 324 g/mol. The lowest BCUT2D eigenvalue weighted by Crippen LogP contribution is -2.46. The van der Waals surface area contributed by atoms with Crippen molar-refractivity contribution in [2.24, 2.45) is 16.8 Å². The second-order valence-corrected chi connectivity index (χ2v) is 7.68. The fourth-order valence-electron chi connectivity index (χ4n) is 3.64. The highest BCUT2D eigenvalue weighted by Crippen LogP contribution is 2.27. The third-order valence-corrected chi connectivity index (χ3v) is 5.37. The molecule has 1 aromatic carbocycles. The number of nitrogens with zero attached hydrogens (tertiary/aromatic N) is 2. The molecule has 1 heterocycles. The number of hydrogen-bond donors (Lipinski definition) is 2. The van der Waals surface area contributed by atoms with E-state index in [0.29, 0.717) is 6.54 Å². The Bertz CT molecular complexity index is 639. The molecule has 1 unspecified atom stereocenters. The predicted molar refractivity (Wildman–Crippen MR) is 107 cm³/mol. The first kappa shape index (κ1) is 18.7. The van der Waals surface area contributed by atoms with E-state index in [0.717, 1.165) is 55.6 Å². The third-order valence-electron chi connectivity index (χ3n) is 5.37. The zero-order valence-electron chi connectivity index (χ0n) is 16.1. The van der Waals surface area contributed by atoms with Crippen LogP contribution in [0, 0.1) is 11.8 Å². The normalized spacial score (nSPS) is 21.2. The van der Waals surface area contributed by atoms with Crippen molar-refractivity contribution in [2.45, 2.75) is 52.5 Å². The van der Waals surface area contributed by atoms with Crippen LogP contribution in [0.3, 0.4) is 0 Å². The van der Waals surface area contributed by atoms with Crippen molar-refractivity contribution in [1.82, 2.24) is 10.2 Å². The van der Waals surface area contributed by atoms with Crippen molar-refractivity contribution in [1.29, 1.82) is 0 Å². The zero-order valence-corrected chi connectivity index (χ0v) is 16.1. The summed E-state index contributed by atoms with van der Waals surface area (Å²) in [5.74, 6) is 2.09. The van der Waals surface area contributed by atoms with Gasteiger partial charge in [0.15, 0.2) is 5.96 Å². The van der Waals surface area contributed by atoms with Gasteiger partial charge in [-0.3, -0.25) is 4.79 Å². The summed E-state index contributed by atoms with van der Waals surface area (Å²) in [5, 5.41) is 6.48. The maximum absolute atomic E-state index is 12.1. The molecule has 3 rings (SSSR count). The number of nitrogens with one attached hydrogen (secondary N) is 2. The molecule has 0 radical (unpaired) electrons. The van der Waals surface area contributed by atoms with E-state index in [2.05, 4.69) is 35.4 Å². The monoisotopic (exact) mass is 356 g/mol. The van der Waals surface area contributed by atoms with Gasteiger partial charge < -0.3 is 15.5 Å². The molecule has 142 valence electrons. The van der Waals surface area contributed by atoms with Crippen LogP contribution in [-0.2, 0) is 11.3 Å². The summed E-state index contributed by atoms with van der Waals surface area (Å²) < 4.78 is 0. The molecule has 2 aliphatic rings. The Balaban J connectivity index is 1.63. The van der Waals surface area contributed by atoms with Crippen LogP contribution >= 0.6 is 0 Å². The van der Waals surface area contributed by atoms with Gasteiger partial charge in [-0.25, -0.2) is 4.99 Å². The summed E-state index contributed by atoms with van der Waals surface area (Å²) in [4.78, 5) is 19.4. The fourth-order valence-corrected chi connectivity index (χ4v) is 3.64. The van der Waals surface area contributed by atoms with Crippen molar-refractivity contribution in [3.05, 3.63) is 29.8 Å². The molecule has 0 aromatic heterocycles. The van der Waals surface area contributed by atoms with Crippen LogP contribution in [0.5, 0.6) is 0 Å². The number of anilines is 1. The van der Waals surface area contributed by atoms with Gasteiger partial charge in [-0.15, -0.1) is 0 Å². The molecule has 1 aliphatic carbocycles. The van der Waals surface area contributed by atoms with Crippen molar-refractivity contribution in [3.63, 3.8) is 0 Å². The summed E-state index contributed by atoms with van der Waals surface area (Å²) >= 11 is 0. The minimum absolute atomic E-state index is 0.160. The first-order valence-corrected chi connectivity index (χ1v) is 10.1. The minimum Gasteiger partial charge on any atom is -0.357 e. The van der Waals surface area contributed by atoms with Crippen molar-refractivity contribution in [2.75, 3.05) is 25.0 Å². The number of aliphatic imine (C=N–C) groups is 1. The number of hydrogen-bond acceptors (Lipinski definition) is 2. The lowest BCUT2D eigenvalue weighted by Gasteiger charge is -2.33. The quantitative estimate of drug-likeness (QED) is 0.626. The fraction of sp³-hybridized carbons (Fsp3) is 0.619. The van der Waals surface area contributed by atoms with E-state index >= 15 is 0 Å². The van der Waals surface area contributed by atoms with E-state index in [1.807, 2.05) is 18.2 Å². The largest absolute Gasteiger partial charge is 0.357 e. The number of guanidine groups is 1. The van der Waals surface area contributed by atoms with Crippen LogP contribution in [0.25, 0.3) is 0 Å². The van der Waals surface area contributed by atoms with E-state index in [1.54, 1.807) is 0 Å². The third kappa shape index (κ3) is 4.99. The second-order valence-electron chi connectivity index (χ2n) is 7.68. The van der Waals surface area contributed by atoms with Crippen molar-refractivity contribution < 1.29 is 4.79 Å². The molecule has 1 aromatic rings. The first-order valence-electron chi connectivity index (χ1n) is 10.1. The van der Waals surface area contributed by atoms with Crippen LogP contribution in [0.1, 0.15) is 51.5 Å². The van der Waals surface area contributed by atoms with Gasteiger partial charge in [0, 0.05) is 31.2 Å². The Labute approximate surface area is 157 Å². The minimum atomic E-state index is 0.160. The number of likely N-dealkylation sites (tertiary alicyclic amines) is 1. The number of piperidine rings is 1. The summed E-state index contributed by atoms with van der Waals surface area (Å²) in [6.07, 6.45) is 5.76. The maximum atomic E-state index is 12.1. The molecule has 0 bridgehead atoms. The molecule has 2 fully saturated rings. The van der Waals surface area contributed by atoms with Gasteiger partial charge >= 0.3 is 0 Å². The van der Waals surface area contributed by atoms with Crippen LogP contribution in [0.15, 0.2) is 29.3 Å². The van der Waals surface area contributed by atoms with Crippen LogP contribution < -0.4 is 10.6 Å². The standard InChI is InChI=1S/C21H32N4O/c1-3-22-21(25-12-6-7-16(2)15-25)23-14-17-8-4-11-19(13-17)24-20(26)18-9-5-10-18/h4,8,11,13,16,18H,3,5-7,9-10,12,14-15H2,1-2H3,(H,22,23)(H,24,26). The zero-order chi connectivity index (χ0) is 18.4.